The van der Waals surface area contributed by atoms with E-state index < -0.39 is 21.7 Å². The molecule has 1 aliphatic rings. The van der Waals surface area contributed by atoms with Gasteiger partial charge >= 0.3 is 0 Å². The maximum absolute atomic E-state index is 13.8. The van der Waals surface area contributed by atoms with Crippen molar-refractivity contribution >= 4 is 39.1 Å². The number of hydrogen-bond donors (Lipinski definition) is 1. The fraction of sp³-hybridized carbons (Fsp3) is 0.263. The second-order valence-corrected chi connectivity index (χ2v) is 8.47. The van der Waals surface area contributed by atoms with Gasteiger partial charge in [-0.3, -0.25) is 4.79 Å². The van der Waals surface area contributed by atoms with Crippen LogP contribution >= 0.6 is 11.6 Å². The third-order valence-electron chi connectivity index (χ3n) is 4.40. The van der Waals surface area contributed by atoms with Gasteiger partial charge in [-0.15, -0.1) is 4.40 Å². The van der Waals surface area contributed by atoms with Crippen LogP contribution in [0.25, 0.3) is 0 Å². The first-order valence-corrected chi connectivity index (χ1v) is 10.5. The second-order valence-electron chi connectivity index (χ2n) is 6.46. The molecule has 0 aliphatic carbocycles. The quantitative estimate of drug-likeness (QED) is 0.798. The van der Waals surface area contributed by atoms with Gasteiger partial charge in [0.05, 0.1) is 11.3 Å². The van der Waals surface area contributed by atoms with Gasteiger partial charge in [-0.25, -0.2) is 4.39 Å². The standard InChI is InChI=1S/C19H19ClFN3O3S/c1-24-11-3-6-18(24)23-28(26,27)14-9-7-13(8-10-14)22-19(25)12-15-16(20)4-2-5-17(15)21/h2,4-5,7-10H,3,6,11-12H2,1H3,(H,22,25). The first-order chi connectivity index (χ1) is 13.3. The van der Waals surface area contributed by atoms with Crippen LogP contribution in [-0.2, 0) is 21.2 Å². The number of anilines is 1. The molecule has 28 heavy (non-hydrogen) atoms. The van der Waals surface area contributed by atoms with Gasteiger partial charge in [0.15, 0.2) is 0 Å². The van der Waals surface area contributed by atoms with Crippen molar-refractivity contribution < 1.29 is 17.6 Å². The van der Waals surface area contributed by atoms with Crippen molar-refractivity contribution in [1.82, 2.24) is 4.90 Å². The molecule has 6 nitrogen and oxygen atoms in total. The second kappa shape index (κ2) is 8.28. The Labute approximate surface area is 168 Å². The summed E-state index contributed by atoms with van der Waals surface area (Å²) >= 11 is 5.93. The Morgan fingerprint density at radius 2 is 1.96 bits per heavy atom. The average molecular weight is 424 g/mol. The van der Waals surface area contributed by atoms with E-state index in [2.05, 4.69) is 9.71 Å². The van der Waals surface area contributed by atoms with Crippen LogP contribution in [0.2, 0.25) is 5.02 Å². The highest BCUT2D eigenvalue weighted by Crippen LogP contribution is 2.21. The number of benzene rings is 2. The maximum atomic E-state index is 13.8. The Hall–Kier alpha value is -2.45. The highest BCUT2D eigenvalue weighted by Gasteiger charge is 2.20. The summed E-state index contributed by atoms with van der Waals surface area (Å²) in [5.74, 6) is -0.477. The van der Waals surface area contributed by atoms with E-state index in [1.165, 1.54) is 42.5 Å². The number of halogens is 2. The van der Waals surface area contributed by atoms with Gasteiger partial charge in [0.1, 0.15) is 11.7 Å². The summed E-state index contributed by atoms with van der Waals surface area (Å²) < 4.78 is 42.5. The summed E-state index contributed by atoms with van der Waals surface area (Å²) in [4.78, 5) is 14.0. The van der Waals surface area contributed by atoms with E-state index >= 15 is 0 Å². The van der Waals surface area contributed by atoms with E-state index in [9.17, 15) is 17.6 Å². The molecule has 0 aromatic heterocycles. The molecule has 3 rings (SSSR count). The van der Waals surface area contributed by atoms with E-state index in [-0.39, 0.29) is 21.9 Å². The fourth-order valence-corrected chi connectivity index (χ4v) is 4.20. The summed E-state index contributed by atoms with van der Waals surface area (Å²) in [6, 6.07) is 9.89. The third-order valence-corrected chi connectivity index (χ3v) is 6.07. The summed E-state index contributed by atoms with van der Waals surface area (Å²) in [7, 11) is -2.01. The molecule has 0 unspecified atom stereocenters. The Kier molecular flexibility index (Phi) is 6.00. The number of amidine groups is 1. The number of nitrogens with zero attached hydrogens (tertiary/aromatic N) is 2. The number of carbonyl (C=O) groups is 1. The smallest absolute Gasteiger partial charge is 0.283 e. The van der Waals surface area contributed by atoms with E-state index in [1.54, 1.807) is 0 Å². The third kappa shape index (κ3) is 4.69. The van der Waals surface area contributed by atoms with Gasteiger partial charge in [0, 0.05) is 36.3 Å². The van der Waals surface area contributed by atoms with Gasteiger partial charge in [0.25, 0.3) is 10.0 Å². The Balaban J connectivity index is 1.70. The summed E-state index contributed by atoms with van der Waals surface area (Å²) in [5.41, 5.74) is 0.499. The van der Waals surface area contributed by atoms with Crippen molar-refractivity contribution in [3.05, 3.63) is 58.9 Å². The van der Waals surface area contributed by atoms with E-state index in [0.29, 0.717) is 17.9 Å². The monoisotopic (exact) mass is 423 g/mol. The summed E-state index contributed by atoms with van der Waals surface area (Å²) in [6.45, 7) is 0.783. The molecule has 1 saturated heterocycles. The number of likely N-dealkylation sites (tertiary alicyclic amines) is 1. The van der Waals surface area contributed by atoms with Crippen LogP contribution in [0.15, 0.2) is 51.8 Å². The van der Waals surface area contributed by atoms with Gasteiger partial charge < -0.3 is 10.2 Å². The van der Waals surface area contributed by atoms with Crippen molar-refractivity contribution in [3.63, 3.8) is 0 Å². The Morgan fingerprint density at radius 1 is 1.25 bits per heavy atom. The Bertz CT molecular complexity index is 1000. The lowest BCUT2D eigenvalue weighted by Gasteiger charge is -2.11. The fourth-order valence-electron chi connectivity index (χ4n) is 2.88. The van der Waals surface area contributed by atoms with E-state index in [1.807, 2.05) is 11.9 Å². The minimum Gasteiger partial charge on any atom is -0.362 e. The zero-order valence-corrected chi connectivity index (χ0v) is 16.7. The SMILES string of the molecule is CN1CCCC1=NS(=O)(=O)c1ccc(NC(=O)Cc2c(F)cccc2Cl)cc1. The number of carbonyl (C=O) groups excluding carboxylic acids is 1. The van der Waals surface area contributed by atoms with Crippen molar-refractivity contribution in [1.29, 1.82) is 0 Å². The van der Waals surface area contributed by atoms with Crippen LogP contribution < -0.4 is 5.32 Å². The number of nitrogens with one attached hydrogen (secondary N) is 1. The van der Waals surface area contributed by atoms with Gasteiger partial charge in [0.2, 0.25) is 5.91 Å². The van der Waals surface area contributed by atoms with Crippen molar-refractivity contribution in [2.24, 2.45) is 4.40 Å². The van der Waals surface area contributed by atoms with Crippen molar-refractivity contribution in [2.45, 2.75) is 24.2 Å². The molecule has 148 valence electrons. The first-order valence-electron chi connectivity index (χ1n) is 8.64. The molecule has 1 aliphatic heterocycles. The molecule has 2 aromatic rings. The highest BCUT2D eigenvalue weighted by molar-refractivity contribution is 7.90. The molecule has 0 bridgehead atoms. The average Bonchev–Trinajstić information content (AvgIpc) is 3.03. The minimum atomic E-state index is -3.82. The molecule has 0 radical (unpaired) electrons. The van der Waals surface area contributed by atoms with Crippen LogP contribution in [0.1, 0.15) is 18.4 Å². The normalized spacial score (nSPS) is 15.8. The van der Waals surface area contributed by atoms with Crippen LogP contribution in [-0.4, -0.2) is 38.7 Å². The zero-order valence-electron chi connectivity index (χ0n) is 15.2. The minimum absolute atomic E-state index is 0.0375. The van der Waals surface area contributed by atoms with Crippen molar-refractivity contribution in [2.75, 3.05) is 18.9 Å². The topological polar surface area (TPSA) is 78.8 Å². The maximum Gasteiger partial charge on any atom is 0.283 e. The molecule has 0 spiro atoms. The van der Waals surface area contributed by atoms with Crippen LogP contribution in [0.3, 0.4) is 0 Å². The molecule has 1 fully saturated rings. The van der Waals surface area contributed by atoms with Gasteiger partial charge in [-0.1, -0.05) is 17.7 Å². The summed E-state index contributed by atoms with van der Waals surface area (Å²) in [5, 5.41) is 2.77. The number of hydrogen-bond acceptors (Lipinski definition) is 3. The van der Waals surface area contributed by atoms with Crippen LogP contribution in [0, 0.1) is 5.82 Å². The predicted octanol–water partition coefficient (Wildman–Crippen LogP) is 3.47. The molecule has 9 heteroatoms. The lowest BCUT2D eigenvalue weighted by atomic mass is 10.1. The molecule has 0 saturated carbocycles. The number of sulfonamides is 1. The lowest BCUT2D eigenvalue weighted by Crippen LogP contribution is -2.20. The molecule has 0 atom stereocenters. The van der Waals surface area contributed by atoms with Crippen LogP contribution in [0.5, 0.6) is 0 Å². The molecule has 1 heterocycles. The molecular formula is C19H19ClFN3O3S. The van der Waals surface area contributed by atoms with E-state index in [4.69, 9.17) is 11.6 Å². The van der Waals surface area contributed by atoms with Crippen molar-refractivity contribution in [3.8, 4) is 0 Å². The molecule has 2 aromatic carbocycles. The van der Waals surface area contributed by atoms with Crippen LogP contribution in [0.4, 0.5) is 10.1 Å². The molecule has 1 N–H and O–H groups in total. The van der Waals surface area contributed by atoms with Gasteiger partial charge in [-0.05, 0) is 42.8 Å². The highest BCUT2D eigenvalue weighted by atomic mass is 35.5. The van der Waals surface area contributed by atoms with E-state index in [0.717, 1.165) is 13.0 Å². The van der Waals surface area contributed by atoms with Gasteiger partial charge in [-0.2, -0.15) is 8.42 Å². The number of amides is 1. The first kappa shape index (κ1) is 20.3. The molecular weight excluding hydrogens is 405 g/mol. The zero-order chi connectivity index (χ0) is 20.3. The largest absolute Gasteiger partial charge is 0.362 e. The number of rotatable bonds is 5. The molecule has 1 amide bonds. The Morgan fingerprint density at radius 3 is 2.57 bits per heavy atom. The predicted molar refractivity (Wildman–Crippen MR) is 107 cm³/mol. The summed E-state index contributed by atoms with van der Waals surface area (Å²) in [6.07, 6.45) is 1.27. The lowest BCUT2D eigenvalue weighted by molar-refractivity contribution is -0.115.